The molecule has 2 aliphatic rings. The van der Waals surface area contributed by atoms with Gasteiger partial charge in [0.05, 0.1) is 12.8 Å². The molecular weight excluding hydrogens is 324 g/mol. The van der Waals surface area contributed by atoms with Gasteiger partial charge >= 0.3 is 0 Å². The molecule has 1 saturated heterocycles. The van der Waals surface area contributed by atoms with Crippen molar-refractivity contribution in [2.24, 2.45) is 11.8 Å². The molecule has 5 nitrogen and oxygen atoms in total. The van der Waals surface area contributed by atoms with E-state index in [1.165, 1.54) is 29.7 Å². The van der Waals surface area contributed by atoms with Gasteiger partial charge in [0, 0.05) is 68.3 Å². The summed E-state index contributed by atoms with van der Waals surface area (Å²) in [5.74, 6) is 1.91. The molecule has 0 N–H and O–H groups in total. The van der Waals surface area contributed by atoms with Gasteiger partial charge in [0.15, 0.2) is 0 Å². The third-order valence-corrected chi connectivity index (χ3v) is 5.93. The molecule has 0 radical (unpaired) electrons. The van der Waals surface area contributed by atoms with E-state index < -0.39 is 0 Å². The third kappa shape index (κ3) is 3.99. The van der Waals surface area contributed by atoms with E-state index in [1.54, 1.807) is 0 Å². The Morgan fingerprint density at radius 1 is 1.15 bits per heavy atom. The average Bonchev–Trinajstić information content (AvgIpc) is 3.30. The van der Waals surface area contributed by atoms with Gasteiger partial charge in [-0.05, 0) is 50.3 Å². The highest BCUT2D eigenvalue weighted by atomic mass is 16.5. The molecular formula is C21H30N4O. The summed E-state index contributed by atoms with van der Waals surface area (Å²) in [4.78, 5) is 6.76. The maximum absolute atomic E-state index is 6.08. The van der Waals surface area contributed by atoms with E-state index >= 15 is 0 Å². The summed E-state index contributed by atoms with van der Waals surface area (Å²) in [7, 11) is 0. The summed E-state index contributed by atoms with van der Waals surface area (Å²) in [5, 5.41) is 4.51. The molecule has 2 aromatic rings. The zero-order valence-corrected chi connectivity index (χ0v) is 16.0. The smallest absolute Gasteiger partial charge is 0.0537 e. The Hall–Kier alpha value is -1.72. The molecule has 0 amide bonds. The quantitative estimate of drug-likeness (QED) is 0.730. The summed E-state index contributed by atoms with van der Waals surface area (Å²) in [6.07, 6.45) is 8.57. The first-order valence-corrected chi connectivity index (χ1v) is 9.96. The minimum atomic E-state index is 0.527. The number of hydrogen-bond donors (Lipinski definition) is 0. The Morgan fingerprint density at radius 2 is 1.96 bits per heavy atom. The molecule has 0 spiro atoms. The first-order valence-electron chi connectivity index (χ1n) is 9.96. The molecule has 5 heteroatoms. The number of aromatic nitrogens is 3. The van der Waals surface area contributed by atoms with Crippen molar-refractivity contribution in [3.63, 3.8) is 0 Å². The van der Waals surface area contributed by atoms with Crippen LogP contribution in [-0.4, -0.2) is 46.0 Å². The van der Waals surface area contributed by atoms with Crippen LogP contribution >= 0.6 is 0 Å². The van der Waals surface area contributed by atoms with Gasteiger partial charge in [-0.3, -0.25) is 14.6 Å². The van der Waals surface area contributed by atoms with Gasteiger partial charge in [-0.1, -0.05) is 0 Å². The summed E-state index contributed by atoms with van der Waals surface area (Å²) < 4.78 is 8.16. The topological polar surface area (TPSA) is 43.2 Å². The van der Waals surface area contributed by atoms with Crippen molar-refractivity contribution in [1.29, 1.82) is 0 Å². The minimum absolute atomic E-state index is 0.527. The van der Waals surface area contributed by atoms with Crippen molar-refractivity contribution in [3.05, 3.63) is 47.5 Å². The second kappa shape index (κ2) is 7.89. The first-order chi connectivity index (χ1) is 12.7. The van der Waals surface area contributed by atoms with Crippen LogP contribution in [0.1, 0.15) is 42.5 Å². The Bertz CT molecular complexity index is 710. The van der Waals surface area contributed by atoms with E-state index in [9.17, 15) is 0 Å². The summed E-state index contributed by atoms with van der Waals surface area (Å²) in [6.45, 7) is 10.2. The highest BCUT2D eigenvalue weighted by Crippen LogP contribution is 2.35. The lowest BCUT2D eigenvalue weighted by molar-refractivity contribution is 0.0887. The lowest BCUT2D eigenvalue weighted by Crippen LogP contribution is -2.22. The van der Waals surface area contributed by atoms with E-state index in [1.807, 2.05) is 18.6 Å². The zero-order chi connectivity index (χ0) is 17.9. The monoisotopic (exact) mass is 354 g/mol. The van der Waals surface area contributed by atoms with Crippen LogP contribution in [0, 0.1) is 18.8 Å². The Kier molecular flexibility index (Phi) is 5.36. The molecule has 1 saturated carbocycles. The van der Waals surface area contributed by atoms with Crippen molar-refractivity contribution in [2.75, 3.05) is 26.3 Å². The number of aryl methyl sites for hydroxylation is 1. The molecule has 0 bridgehead atoms. The maximum Gasteiger partial charge on any atom is 0.0537 e. The number of pyridine rings is 1. The normalized spacial score (nSPS) is 23.6. The number of nitrogens with zero attached hydrogens (tertiary/aromatic N) is 4. The maximum atomic E-state index is 6.08. The van der Waals surface area contributed by atoms with Crippen LogP contribution in [0.3, 0.4) is 0 Å². The second-order valence-corrected chi connectivity index (χ2v) is 7.89. The van der Waals surface area contributed by atoms with E-state index in [0.29, 0.717) is 11.8 Å². The molecule has 2 atom stereocenters. The molecule has 3 heterocycles. The van der Waals surface area contributed by atoms with Gasteiger partial charge in [-0.25, -0.2) is 0 Å². The minimum Gasteiger partial charge on any atom is -0.381 e. The number of likely N-dealkylation sites (tertiary alicyclic amines) is 1. The summed E-state index contributed by atoms with van der Waals surface area (Å²) >= 11 is 0. The molecule has 140 valence electrons. The highest BCUT2D eigenvalue weighted by Gasteiger charge is 2.34. The van der Waals surface area contributed by atoms with Crippen molar-refractivity contribution < 1.29 is 4.74 Å². The molecule has 4 rings (SSSR count). The summed E-state index contributed by atoms with van der Waals surface area (Å²) in [6, 6.07) is 4.34. The summed E-state index contributed by atoms with van der Waals surface area (Å²) in [5.41, 5.74) is 4.03. The number of ether oxygens (including phenoxy) is 1. The van der Waals surface area contributed by atoms with Crippen LogP contribution in [0.15, 0.2) is 30.7 Å². The van der Waals surface area contributed by atoms with Crippen molar-refractivity contribution >= 4 is 0 Å². The second-order valence-electron chi connectivity index (χ2n) is 7.89. The van der Waals surface area contributed by atoms with Crippen LogP contribution in [0.2, 0.25) is 0 Å². The predicted molar refractivity (Wildman–Crippen MR) is 102 cm³/mol. The standard InChI is InChI=1S/C21H30N4O/c1-3-25-16(2)19(10-23-25)11-24-12-20(15-26-14-17-4-5-17)21(13-24)18-6-8-22-9-7-18/h6-10,17,20-21H,3-5,11-15H2,1-2H3/t20-,21-/m0/s1. The average molecular weight is 354 g/mol. The fourth-order valence-corrected chi connectivity index (χ4v) is 4.12. The molecule has 0 unspecified atom stereocenters. The van der Waals surface area contributed by atoms with Crippen LogP contribution in [0.4, 0.5) is 0 Å². The Morgan fingerprint density at radius 3 is 2.65 bits per heavy atom. The van der Waals surface area contributed by atoms with Gasteiger partial charge in [0.1, 0.15) is 0 Å². The van der Waals surface area contributed by atoms with Gasteiger partial charge in [0.25, 0.3) is 0 Å². The SMILES string of the molecule is CCn1ncc(CN2C[C@@H](COCC3CC3)[C@H](c3ccncc3)C2)c1C. The molecule has 0 aromatic carbocycles. The largest absolute Gasteiger partial charge is 0.381 e. The van der Waals surface area contributed by atoms with Gasteiger partial charge < -0.3 is 4.74 Å². The van der Waals surface area contributed by atoms with Crippen LogP contribution in [-0.2, 0) is 17.8 Å². The first kappa shape index (κ1) is 17.7. The van der Waals surface area contributed by atoms with Crippen LogP contribution in [0.25, 0.3) is 0 Å². The van der Waals surface area contributed by atoms with E-state index in [0.717, 1.165) is 45.3 Å². The fraction of sp³-hybridized carbons (Fsp3) is 0.619. The van der Waals surface area contributed by atoms with Gasteiger partial charge in [-0.15, -0.1) is 0 Å². The molecule has 2 aromatic heterocycles. The van der Waals surface area contributed by atoms with Crippen LogP contribution in [0.5, 0.6) is 0 Å². The van der Waals surface area contributed by atoms with Gasteiger partial charge in [-0.2, -0.15) is 5.10 Å². The van der Waals surface area contributed by atoms with Crippen molar-refractivity contribution in [1.82, 2.24) is 19.7 Å². The molecule has 2 fully saturated rings. The van der Waals surface area contributed by atoms with Crippen LogP contribution < -0.4 is 0 Å². The van der Waals surface area contributed by atoms with E-state index in [2.05, 4.69) is 45.6 Å². The van der Waals surface area contributed by atoms with Gasteiger partial charge in [0.2, 0.25) is 0 Å². The van der Waals surface area contributed by atoms with Crippen molar-refractivity contribution in [2.45, 2.75) is 45.7 Å². The number of hydrogen-bond acceptors (Lipinski definition) is 4. The van der Waals surface area contributed by atoms with E-state index in [-0.39, 0.29) is 0 Å². The Labute approximate surface area is 156 Å². The predicted octanol–water partition coefficient (Wildman–Crippen LogP) is 3.25. The van der Waals surface area contributed by atoms with Crippen molar-refractivity contribution in [3.8, 4) is 0 Å². The molecule has 1 aliphatic heterocycles. The third-order valence-electron chi connectivity index (χ3n) is 5.93. The lowest BCUT2D eigenvalue weighted by atomic mass is 9.90. The molecule has 26 heavy (non-hydrogen) atoms. The Balaban J connectivity index is 1.43. The van der Waals surface area contributed by atoms with E-state index in [4.69, 9.17) is 4.74 Å². The lowest BCUT2D eigenvalue weighted by Gasteiger charge is -2.18. The fourth-order valence-electron chi connectivity index (χ4n) is 4.12. The molecule has 1 aliphatic carbocycles. The highest BCUT2D eigenvalue weighted by molar-refractivity contribution is 5.21. The number of rotatable bonds is 8. The zero-order valence-electron chi connectivity index (χ0n) is 16.0.